The topological polar surface area (TPSA) is 69.2 Å². The number of rotatable bonds is 2. The standard InChI is InChI=1S/C21H23N3O2/c1-14-5-3-4-6-17(14)21(26)9-11-24(12-10-21)20(25)16-7-8-18-19(13-16)23-15(2)22-18/h3-8,13,26H,9-12H2,1-2H3,(H,22,23). The molecule has 1 aromatic heterocycles. The van der Waals surface area contributed by atoms with Crippen molar-refractivity contribution in [2.45, 2.75) is 32.3 Å². The van der Waals surface area contributed by atoms with Gasteiger partial charge in [-0.1, -0.05) is 24.3 Å². The Morgan fingerprint density at radius 3 is 2.62 bits per heavy atom. The van der Waals surface area contributed by atoms with E-state index in [4.69, 9.17) is 0 Å². The molecule has 0 bridgehead atoms. The maximum Gasteiger partial charge on any atom is 0.253 e. The molecule has 0 aliphatic carbocycles. The summed E-state index contributed by atoms with van der Waals surface area (Å²) in [5, 5.41) is 11.1. The molecule has 0 saturated carbocycles. The molecule has 1 aliphatic heterocycles. The molecule has 0 spiro atoms. The fraction of sp³-hybridized carbons (Fsp3) is 0.333. The average molecular weight is 349 g/mol. The summed E-state index contributed by atoms with van der Waals surface area (Å²) >= 11 is 0. The molecule has 0 unspecified atom stereocenters. The first-order chi connectivity index (χ1) is 12.5. The third-order valence-electron chi connectivity index (χ3n) is 5.37. The highest BCUT2D eigenvalue weighted by atomic mass is 16.3. The number of nitrogens with one attached hydrogen (secondary N) is 1. The van der Waals surface area contributed by atoms with Gasteiger partial charge in [0.25, 0.3) is 5.91 Å². The number of aliphatic hydroxyl groups is 1. The normalized spacial score (nSPS) is 16.8. The van der Waals surface area contributed by atoms with E-state index in [2.05, 4.69) is 9.97 Å². The minimum Gasteiger partial charge on any atom is -0.385 e. The van der Waals surface area contributed by atoms with Gasteiger partial charge in [0.1, 0.15) is 5.82 Å². The monoisotopic (exact) mass is 349 g/mol. The van der Waals surface area contributed by atoms with E-state index in [0.717, 1.165) is 28.0 Å². The van der Waals surface area contributed by atoms with E-state index in [0.29, 0.717) is 31.5 Å². The number of carbonyl (C=O) groups is 1. The van der Waals surface area contributed by atoms with E-state index in [1.165, 1.54) is 0 Å². The number of hydrogen-bond donors (Lipinski definition) is 2. The maximum absolute atomic E-state index is 12.9. The summed E-state index contributed by atoms with van der Waals surface area (Å²) in [5.41, 5.74) is 3.61. The van der Waals surface area contributed by atoms with Crippen molar-refractivity contribution in [1.29, 1.82) is 0 Å². The van der Waals surface area contributed by atoms with Crippen molar-refractivity contribution in [3.8, 4) is 0 Å². The minimum atomic E-state index is -0.855. The molecule has 0 radical (unpaired) electrons. The summed E-state index contributed by atoms with van der Waals surface area (Å²) in [4.78, 5) is 22.3. The van der Waals surface area contributed by atoms with Crippen LogP contribution in [-0.4, -0.2) is 39.0 Å². The number of H-pyrrole nitrogens is 1. The number of aromatic nitrogens is 2. The van der Waals surface area contributed by atoms with Crippen molar-refractivity contribution < 1.29 is 9.90 Å². The van der Waals surface area contributed by atoms with Gasteiger partial charge in [0.05, 0.1) is 16.6 Å². The second-order valence-corrected chi connectivity index (χ2v) is 7.19. The third kappa shape index (κ3) is 2.88. The Labute approximate surface area is 152 Å². The SMILES string of the molecule is Cc1nc2ccc(C(=O)N3CCC(O)(c4ccccc4C)CC3)cc2[nH]1. The molecule has 134 valence electrons. The van der Waals surface area contributed by atoms with Crippen molar-refractivity contribution in [2.75, 3.05) is 13.1 Å². The van der Waals surface area contributed by atoms with Crippen LogP contribution >= 0.6 is 0 Å². The van der Waals surface area contributed by atoms with Crippen LogP contribution in [0.3, 0.4) is 0 Å². The van der Waals surface area contributed by atoms with Crippen molar-refractivity contribution in [3.05, 3.63) is 65.0 Å². The van der Waals surface area contributed by atoms with Gasteiger partial charge < -0.3 is 15.0 Å². The van der Waals surface area contributed by atoms with Gasteiger partial charge in [-0.3, -0.25) is 4.79 Å². The molecule has 1 aliphatic rings. The molecule has 3 aromatic rings. The number of likely N-dealkylation sites (tertiary alicyclic amines) is 1. The Bertz CT molecular complexity index is 968. The van der Waals surface area contributed by atoms with Crippen molar-refractivity contribution in [2.24, 2.45) is 0 Å². The van der Waals surface area contributed by atoms with Gasteiger partial charge >= 0.3 is 0 Å². The van der Waals surface area contributed by atoms with E-state index in [1.807, 2.05) is 61.2 Å². The predicted octanol–water partition coefficient (Wildman–Crippen LogP) is 3.30. The summed E-state index contributed by atoms with van der Waals surface area (Å²) in [6.07, 6.45) is 1.10. The highest BCUT2D eigenvalue weighted by molar-refractivity contribution is 5.97. The van der Waals surface area contributed by atoms with E-state index in [9.17, 15) is 9.90 Å². The van der Waals surface area contributed by atoms with E-state index in [-0.39, 0.29) is 5.91 Å². The highest BCUT2D eigenvalue weighted by Crippen LogP contribution is 2.35. The molecule has 2 aromatic carbocycles. The van der Waals surface area contributed by atoms with E-state index in [1.54, 1.807) is 0 Å². The fourth-order valence-corrected chi connectivity index (χ4v) is 3.90. The largest absolute Gasteiger partial charge is 0.385 e. The summed E-state index contributed by atoms with van der Waals surface area (Å²) in [6.45, 7) is 5.01. The molecule has 2 heterocycles. The lowest BCUT2D eigenvalue weighted by Gasteiger charge is -2.39. The lowest BCUT2D eigenvalue weighted by molar-refractivity contribution is -0.0215. The number of hydrogen-bond acceptors (Lipinski definition) is 3. The zero-order valence-electron chi connectivity index (χ0n) is 15.1. The Hall–Kier alpha value is -2.66. The number of carbonyl (C=O) groups excluding carboxylic acids is 1. The lowest BCUT2D eigenvalue weighted by atomic mass is 9.82. The number of benzene rings is 2. The van der Waals surface area contributed by atoms with Crippen LogP contribution in [0.4, 0.5) is 0 Å². The summed E-state index contributed by atoms with van der Waals surface area (Å²) in [6, 6.07) is 13.5. The number of aryl methyl sites for hydroxylation is 2. The van der Waals surface area contributed by atoms with Gasteiger partial charge in [-0.25, -0.2) is 4.98 Å². The number of nitrogens with zero attached hydrogens (tertiary/aromatic N) is 2. The van der Waals surface area contributed by atoms with Crippen LogP contribution in [-0.2, 0) is 5.60 Å². The Balaban J connectivity index is 1.51. The maximum atomic E-state index is 12.9. The Kier molecular flexibility index (Phi) is 4.04. The number of fused-ring (bicyclic) bond motifs is 1. The molecular weight excluding hydrogens is 326 g/mol. The molecule has 1 amide bonds. The molecule has 4 rings (SSSR count). The Morgan fingerprint density at radius 2 is 1.88 bits per heavy atom. The van der Waals surface area contributed by atoms with Gasteiger partial charge in [0.15, 0.2) is 0 Å². The van der Waals surface area contributed by atoms with Crippen molar-refractivity contribution >= 4 is 16.9 Å². The van der Waals surface area contributed by atoms with Gasteiger partial charge in [-0.15, -0.1) is 0 Å². The first kappa shape index (κ1) is 16.8. The molecule has 5 nitrogen and oxygen atoms in total. The van der Waals surface area contributed by atoms with Gasteiger partial charge in [-0.05, 0) is 56.0 Å². The van der Waals surface area contributed by atoms with Crippen molar-refractivity contribution in [1.82, 2.24) is 14.9 Å². The first-order valence-electron chi connectivity index (χ1n) is 9.00. The molecule has 5 heteroatoms. The first-order valence-corrected chi connectivity index (χ1v) is 9.00. The summed E-state index contributed by atoms with van der Waals surface area (Å²) in [5.74, 6) is 0.844. The number of imidazole rings is 1. The minimum absolute atomic E-state index is 0.00554. The molecule has 26 heavy (non-hydrogen) atoms. The quantitative estimate of drug-likeness (QED) is 0.746. The lowest BCUT2D eigenvalue weighted by Crippen LogP contribution is -2.45. The number of amides is 1. The highest BCUT2D eigenvalue weighted by Gasteiger charge is 2.36. The molecule has 0 atom stereocenters. The number of piperidine rings is 1. The van der Waals surface area contributed by atoms with Crippen molar-refractivity contribution in [3.63, 3.8) is 0 Å². The third-order valence-corrected chi connectivity index (χ3v) is 5.37. The second-order valence-electron chi connectivity index (χ2n) is 7.19. The van der Waals surface area contributed by atoms with Crippen LogP contribution in [0.1, 0.15) is 40.2 Å². The average Bonchev–Trinajstić information content (AvgIpc) is 3.01. The summed E-state index contributed by atoms with van der Waals surface area (Å²) in [7, 11) is 0. The van der Waals surface area contributed by atoms with Crippen LogP contribution in [0.15, 0.2) is 42.5 Å². The number of aromatic amines is 1. The molecule has 2 N–H and O–H groups in total. The van der Waals surface area contributed by atoms with Crippen LogP contribution in [0.5, 0.6) is 0 Å². The Morgan fingerprint density at radius 1 is 1.15 bits per heavy atom. The van der Waals surface area contributed by atoms with Crippen LogP contribution in [0.25, 0.3) is 11.0 Å². The van der Waals surface area contributed by atoms with E-state index >= 15 is 0 Å². The fourth-order valence-electron chi connectivity index (χ4n) is 3.90. The molecular formula is C21H23N3O2. The molecule has 1 fully saturated rings. The van der Waals surface area contributed by atoms with Gasteiger partial charge in [0, 0.05) is 18.7 Å². The van der Waals surface area contributed by atoms with Crippen LogP contribution in [0.2, 0.25) is 0 Å². The van der Waals surface area contributed by atoms with E-state index < -0.39 is 5.60 Å². The van der Waals surface area contributed by atoms with Crippen LogP contribution in [0, 0.1) is 13.8 Å². The van der Waals surface area contributed by atoms with Crippen LogP contribution < -0.4 is 0 Å². The van der Waals surface area contributed by atoms with Gasteiger partial charge in [-0.2, -0.15) is 0 Å². The zero-order valence-corrected chi connectivity index (χ0v) is 15.1. The summed E-state index contributed by atoms with van der Waals surface area (Å²) < 4.78 is 0. The predicted molar refractivity (Wildman–Crippen MR) is 101 cm³/mol. The zero-order chi connectivity index (χ0) is 18.3. The molecule has 1 saturated heterocycles. The van der Waals surface area contributed by atoms with Gasteiger partial charge in [0.2, 0.25) is 0 Å². The second kappa shape index (κ2) is 6.25. The smallest absolute Gasteiger partial charge is 0.253 e.